The van der Waals surface area contributed by atoms with Gasteiger partial charge in [-0.05, 0) is 33.8 Å². The van der Waals surface area contributed by atoms with Gasteiger partial charge in [0.2, 0.25) is 11.8 Å². The van der Waals surface area contributed by atoms with Crippen LogP contribution < -0.4 is 10.1 Å². The first-order valence-corrected chi connectivity index (χ1v) is 8.07. The SMILES string of the molecule is COc1ccc(-n2cnnc2SC(C)C(=O)NC(C)(C)C)cn1. The standard InChI is InChI=1S/C15H21N5O2S/c1-10(13(21)18-15(2,3)4)23-14-19-17-9-20(14)11-6-7-12(22-5)16-8-11/h6-10H,1-5H3,(H,18,21). The van der Waals surface area contributed by atoms with Crippen molar-refractivity contribution in [2.24, 2.45) is 0 Å². The van der Waals surface area contributed by atoms with E-state index < -0.39 is 0 Å². The lowest BCUT2D eigenvalue weighted by atomic mass is 10.1. The summed E-state index contributed by atoms with van der Waals surface area (Å²) in [5.74, 6) is 0.499. The fraction of sp³-hybridized carbons (Fsp3) is 0.467. The normalized spacial score (nSPS) is 12.7. The Hall–Kier alpha value is -2.09. The van der Waals surface area contributed by atoms with Crippen LogP contribution in [0.1, 0.15) is 27.7 Å². The number of nitrogens with one attached hydrogen (secondary N) is 1. The summed E-state index contributed by atoms with van der Waals surface area (Å²) in [6.07, 6.45) is 3.27. The van der Waals surface area contributed by atoms with Crippen LogP contribution in [0.15, 0.2) is 29.8 Å². The Morgan fingerprint density at radius 3 is 2.70 bits per heavy atom. The number of thioether (sulfide) groups is 1. The van der Waals surface area contributed by atoms with Crippen LogP contribution in [0, 0.1) is 0 Å². The van der Waals surface area contributed by atoms with E-state index in [1.54, 1.807) is 30.3 Å². The van der Waals surface area contributed by atoms with Gasteiger partial charge in [-0.15, -0.1) is 10.2 Å². The highest BCUT2D eigenvalue weighted by molar-refractivity contribution is 8.00. The molecular weight excluding hydrogens is 314 g/mol. The highest BCUT2D eigenvalue weighted by atomic mass is 32.2. The second kappa shape index (κ2) is 6.99. The van der Waals surface area contributed by atoms with Crippen molar-refractivity contribution in [1.82, 2.24) is 25.1 Å². The molecule has 0 radical (unpaired) electrons. The second-order valence-corrected chi connectivity index (χ2v) is 7.35. The number of carbonyl (C=O) groups is 1. The van der Waals surface area contributed by atoms with Crippen LogP contribution in [0.3, 0.4) is 0 Å². The zero-order chi connectivity index (χ0) is 17.0. The molecule has 1 unspecified atom stereocenters. The third-order valence-electron chi connectivity index (χ3n) is 2.87. The number of nitrogens with zero attached hydrogens (tertiary/aromatic N) is 4. The molecule has 1 N–H and O–H groups in total. The Morgan fingerprint density at radius 2 is 2.13 bits per heavy atom. The molecule has 0 saturated carbocycles. The van der Waals surface area contributed by atoms with Gasteiger partial charge in [-0.2, -0.15) is 0 Å². The summed E-state index contributed by atoms with van der Waals surface area (Å²) in [5, 5.41) is 11.3. The predicted octanol–water partition coefficient (Wildman–Crippen LogP) is 2.07. The molecule has 0 aliphatic carbocycles. The first-order valence-electron chi connectivity index (χ1n) is 7.19. The fourth-order valence-corrected chi connectivity index (χ4v) is 2.64. The lowest BCUT2D eigenvalue weighted by molar-refractivity contribution is -0.121. The van der Waals surface area contributed by atoms with Crippen molar-refractivity contribution in [3.8, 4) is 11.6 Å². The van der Waals surface area contributed by atoms with Crippen molar-refractivity contribution in [2.75, 3.05) is 7.11 Å². The number of hydrogen-bond acceptors (Lipinski definition) is 6. The molecule has 2 heterocycles. The molecule has 2 rings (SSSR count). The van der Waals surface area contributed by atoms with Crippen LogP contribution in [0.25, 0.3) is 5.69 Å². The number of methoxy groups -OCH3 is 1. The molecule has 0 bridgehead atoms. The van der Waals surface area contributed by atoms with E-state index in [0.717, 1.165) is 5.69 Å². The van der Waals surface area contributed by atoms with Crippen LogP contribution in [0.5, 0.6) is 5.88 Å². The number of amides is 1. The summed E-state index contributed by atoms with van der Waals surface area (Å²) >= 11 is 1.35. The van der Waals surface area contributed by atoms with E-state index in [1.165, 1.54) is 11.8 Å². The number of carbonyl (C=O) groups excluding carboxylic acids is 1. The van der Waals surface area contributed by atoms with Gasteiger partial charge in [-0.3, -0.25) is 9.36 Å². The minimum Gasteiger partial charge on any atom is -0.481 e. The summed E-state index contributed by atoms with van der Waals surface area (Å²) in [6.45, 7) is 7.70. The summed E-state index contributed by atoms with van der Waals surface area (Å²) in [4.78, 5) is 16.4. The minimum absolute atomic E-state index is 0.0371. The first-order chi connectivity index (χ1) is 10.8. The lowest BCUT2D eigenvalue weighted by Gasteiger charge is -2.22. The van der Waals surface area contributed by atoms with Crippen LogP contribution >= 0.6 is 11.8 Å². The van der Waals surface area contributed by atoms with E-state index in [0.29, 0.717) is 11.0 Å². The van der Waals surface area contributed by atoms with Crippen molar-refractivity contribution < 1.29 is 9.53 Å². The predicted molar refractivity (Wildman–Crippen MR) is 88.9 cm³/mol. The molecular formula is C15H21N5O2S. The van der Waals surface area contributed by atoms with Crippen molar-refractivity contribution in [3.05, 3.63) is 24.7 Å². The molecule has 8 heteroatoms. The summed E-state index contributed by atoms with van der Waals surface area (Å²) in [7, 11) is 1.57. The van der Waals surface area contributed by atoms with E-state index in [9.17, 15) is 4.79 Å². The lowest BCUT2D eigenvalue weighted by Crippen LogP contribution is -2.44. The summed E-state index contributed by atoms with van der Waals surface area (Å²) in [6, 6.07) is 3.62. The first kappa shape index (κ1) is 17.3. The number of hydrogen-bond donors (Lipinski definition) is 1. The monoisotopic (exact) mass is 335 g/mol. The van der Waals surface area contributed by atoms with Crippen LogP contribution in [0.2, 0.25) is 0 Å². The number of aromatic nitrogens is 4. The molecule has 0 aliphatic heterocycles. The molecule has 124 valence electrons. The molecule has 1 amide bonds. The second-order valence-electron chi connectivity index (χ2n) is 6.04. The Balaban J connectivity index is 2.13. The van der Waals surface area contributed by atoms with E-state index in [2.05, 4.69) is 20.5 Å². The highest BCUT2D eigenvalue weighted by Gasteiger charge is 2.22. The van der Waals surface area contributed by atoms with Gasteiger partial charge < -0.3 is 10.1 Å². The van der Waals surface area contributed by atoms with Gasteiger partial charge in [0.25, 0.3) is 0 Å². The van der Waals surface area contributed by atoms with Crippen LogP contribution in [-0.4, -0.2) is 43.6 Å². The molecule has 2 aromatic heterocycles. The molecule has 2 aromatic rings. The van der Waals surface area contributed by atoms with Crippen LogP contribution in [-0.2, 0) is 4.79 Å². The van der Waals surface area contributed by atoms with Crippen molar-refractivity contribution in [3.63, 3.8) is 0 Å². The maximum Gasteiger partial charge on any atom is 0.233 e. The van der Waals surface area contributed by atoms with Gasteiger partial charge in [0.1, 0.15) is 6.33 Å². The van der Waals surface area contributed by atoms with E-state index in [4.69, 9.17) is 4.74 Å². The molecule has 0 aromatic carbocycles. The maximum atomic E-state index is 12.2. The summed E-state index contributed by atoms with van der Waals surface area (Å²) < 4.78 is 6.84. The third-order valence-corrected chi connectivity index (χ3v) is 3.93. The van der Waals surface area contributed by atoms with Crippen molar-refractivity contribution >= 4 is 17.7 Å². The van der Waals surface area contributed by atoms with E-state index >= 15 is 0 Å². The Morgan fingerprint density at radius 1 is 1.39 bits per heavy atom. The third kappa shape index (κ3) is 4.69. The van der Waals surface area contributed by atoms with Crippen molar-refractivity contribution in [2.45, 2.75) is 43.6 Å². The average molecular weight is 335 g/mol. The number of pyridine rings is 1. The Labute approximate surface area is 139 Å². The zero-order valence-corrected chi connectivity index (χ0v) is 14.7. The van der Waals surface area contributed by atoms with Crippen LogP contribution in [0.4, 0.5) is 0 Å². The zero-order valence-electron chi connectivity index (χ0n) is 13.9. The molecule has 7 nitrogen and oxygen atoms in total. The topological polar surface area (TPSA) is 81.9 Å². The molecule has 23 heavy (non-hydrogen) atoms. The Kier molecular flexibility index (Phi) is 5.25. The average Bonchev–Trinajstić information content (AvgIpc) is 2.93. The molecule has 0 fully saturated rings. The van der Waals surface area contributed by atoms with Crippen molar-refractivity contribution in [1.29, 1.82) is 0 Å². The van der Waals surface area contributed by atoms with Gasteiger partial charge in [0.05, 0.1) is 24.2 Å². The Bertz CT molecular complexity index is 663. The van der Waals surface area contributed by atoms with E-state index in [1.807, 2.05) is 33.8 Å². The molecule has 0 saturated heterocycles. The maximum absolute atomic E-state index is 12.2. The molecule has 1 atom stereocenters. The quantitative estimate of drug-likeness (QED) is 0.842. The van der Waals surface area contributed by atoms with Gasteiger partial charge in [-0.25, -0.2) is 4.98 Å². The fourth-order valence-electron chi connectivity index (χ4n) is 1.80. The van der Waals surface area contributed by atoms with E-state index in [-0.39, 0.29) is 16.7 Å². The smallest absolute Gasteiger partial charge is 0.233 e. The molecule has 0 aliphatic rings. The highest BCUT2D eigenvalue weighted by Crippen LogP contribution is 2.24. The number of rotatable bonds is 5. The van der Waals surface area contributed by atoms with Gasteiger partial charge in [0, 0.05) is 11.6 Å². The van der Waals surface area contributed by atoms with Gasteiger partial charge >= 0.3 is 0 Å². The number of ether oxygens (including phenoxy) is 1. The van der Waals surface area contributed by atoms with Gasteiger partial charge in [0.15, 0.2) is 5.16 Å². The minimum atomic E-state index is -0.289. The van der Waals surface area contributed by atoms with Gasteiger partial charge in [-0.1, -0.05) is 11.8 Å². The largest absolute Gasteiger partial charge is 0.481 e. The molecule has 0 spiro atoms. The summed E-state index contributed by atoms with van der Waals surface area (Å²) in [5.41, 5.74) is 0.543.